The first-order valence-corrected chi connectivity index (χ1v) is 10.3. The minimum atomic E-state index is -0.239. The van der Waals surface area contributed by atoms with Crippen molar-refractivity contribution in [3.8, 4) is 0 Å². The Labute approximate surface area is 201 Å². The quantitative estimate of drug-likeness (QED) is 0.240. The number of hydrogen-bond donors (Lipinski definition) is 2. The van der Waals surface area contributed by atoms with Gasteiger partial charge in [-0.2, -0.15) is 0 Å². The second-order valence-electron chi connectivity index (χ2n) is 7.41. The molecule has 0 amide bonds. The highest BCUT2D eigenvalue weighted by Crippen LogP contribution is 2.25. The number of anilines is 1. The van der Waals surface area contributed by atoms with Crippen LogP contribution in [0.4, 0.5) is 10.1 Å². The number of hydrogen-bond acceptors (Lipinski definition) is 4. The van der Waals surface area contributed by atoms with E-state index in [2.05, 4.69) is 44.8 Å². The van der Waals surface area contributed by atoms with E-state index in [0.29, 0.717) is 19.7 Å². The number of guanidine groups is 1. The first-order valence-electron chi connectivity index (χ1n) is 10.3. The maximum absolute atomic E-state index is 13.3. The number of aliphatic imine (C=N–C) groups is 1. The van der Waals surface area contributed by atoms with Crippen LogP contribution in [0.15, 0.2) is 53.5 Å². The van der Waals surface area contributed by atoms with Crippen molar-refractivity contribution in [2.24, 2.45) is 4.99 Å². The molecule has 0 aromatic heterocycles. The smallest absolute Gasteiger partial charge is 0.194 e. The van der Waals surface area contributed by atoms with E-state index in [9.17, 15) is 4.39 Å². The largest absolute Gasteiger partial charge is 0.383 e. The van der Waals surface area contributed by atoms with Gasteiger partial charge in [0.1, 0.15) is 11.9 Å². The minimum absolute atomic E-state index is 0. The summed E-state index contributed by atoms with van der Waals surface area (Å²) in [6.07, 6.45) is -0.0739. The Morgan fingerprint density at radius 2 is 1.87 bits per heavy atom. The van der Waals surface area contributed by atoms with Crippen LogP contribution in [0.2, 0.25) is 0 Å². The predicted molar refractivity (Wildman–Crippen MR) is 134 cm³/mol. The van der Waals surface area contributed by atoms with Gasteiger partial charge in [-0.3, -0.25) is 4.99 Å². The van der Waals surface area contributed by atoms with Gasteiger partial charge in [-0.15, -0.1) is 24.0 Å². The molecule has 2 atom stereocenters. The fraction of sp³-hybridized carbons (Fsp3) is 0.435. The Bertz CT molecular complexity index is 817. The molecule has 2 aromatic rings. The van der Waals surface area contributed by atoms with E-state index < -0.39 is 0 Å². The summed E-state index contributed by atoms with van der Waals surface area (Å²) in [6, 6.07) is 14.8. The number of morpholine rings is 1. The molecule has 2 N–H and O–H groups in total. The monoisotopic (exact) mass is 542 g/mol. The standard InChI is InChI=1S/C23H31FN4O2.HI/c1-17-15-28(16-22(30-17)19-6-8-20(24)9-7-19)23(25-2)27-14-18-4-10-21(11-5-18)26-12-13-29-3;/h4-11,17,22,26H,12-16H2,1-3H3,(H,25,27);1H. The van der Waals surface area contributed by atoms with Crippen LogP contribution in [0.25, 0.3) is 0 Å². The van der Waals surface area contributed by atoms with Crippen molar-refractivity contribution < 1.29 is 13.9 Å². The molecular weight excluding hydrogens is 510 g/mol. The second-order valence-corrected chi connectivity index (χ2v) is 7.41. The molecule has 2 aromatic carbocycles. The maximum atomic E-state index is 13.3. The third kappa shape index (κ3) is 7.62. The number of benzene rings is 2. The number of ether oxygens (including phenoxy) is 2. The van der Waals surface area contributed by atoms with Crippen LogP contribution < -0.4 is 10.6 Å². The lowest BCUT2D eigenvalue weighted by molar-refractivity contribution is -0.0605. The van der Waals surface area contributed by atoms with Crippen molar-refractivity contribution in [2.75, 3.05) is 45.7 Å². The van der Waals surface area contributed by atoms with Gasteiger partial charge in [0, 0.05) is 39.5 Å². The molecule has 6 nitrogen and oxygen atoms in total. The summed E-state index contributed by atoms with van der Waals surface area (Å²) in [5.74, 6) is 0.594. The van der Waals surface area contributed by atoms with Crippen LogP contribution >= 0.6 is 24.0 Å². The second kappa shape index (κ2) is 12.8. The van der Waals surface area contributed by atoms with Crippen LogP contribution in [0.3, 0.4) is 0 Å². The Hall–Kier alpha value is -1.91. The SMILES string of the molecule is CN=C(NCc1ccc(NCCOC)cc1)N1CC(C)OC(c2ccc(F)cc2)C1.I. The normalized spacial score (nSPS) is 19.0. The zero-order chi connectivity index (χ0) is 21.3. The van der Waals surface area contributed by atoms with Crippen molar-refractivity contribution in [3.63, 3.8) is 0 Å². The number of nitrogens with one attached hydrogen (secondary N) is 2. The Morgan fingerprint density at radius 1 is 1.16 bits per heavy atom. The van der Waals surface area contributed by atoms with Crippen molar-refractivity contribution in [1.82, 2.24) is 10.2 Å². The lowest BCUT2D eigenvalue weighted by Gasteiger charge is -2.38. The Morgan fingerprint density at radius 3 is 2.52 bits per heavy atom. The van der Waals surface area contributed by atoms with Gasteiger partial charge in [-0.1, -0.05) is 24.3 Å². The zero-order valence-corrected chi connectivity index (χ0v) is 20.6. The van der Waals surface area contributed by atoms with Gasteiger partial charge in [0.25, 0.3) is 0 Å². The van der Waals surface area contributed by atoms with Crippen LogP contribution in [0.5, 0.6) is 0 Å². The molecule has 1 aliphatic rings. The predicted octanol–water partition coefficient (Wildman–Crippen LogP) is 4.04. The fourth-order valence-electron chi connectivity index (χ4n) is 3.54. The number of methoxy groups -OCH3 is 1. The molecule has 1 aliphatic heterocycles. The summed E-state index contributed by atoms with van der Waals surface area (Å²) in [7, 11) is 3.48. The molecular formula is C23H32FIN4O2. The van der Waals surface area contributed by atoms with E-state index in [1.165, 1.54) is 17.7 Å². The Kier molecular flexibility index (Phi) is 10.5. The van der Waals surface area contributed by atoms with Crippen molar-refractivity contribution >= 4 is 35.6 Å². The number of halogens is 2. The summed E-state index contributed by atoms with van der Waals surface area (Å²) >= 11 is 0. The van der Waals surface area contributed by atoms with E-state index in [0.717, 1.165) is 30.3 Å². The first-order chi connectivity index (χ1) is 14.6. The highest BCUT2D eigenvalue weighted by atomic mass is 127. The molecule has 31 heavy (non-hydrogen) atoms. The molecule has 0 aliphatic carbocycles. The van der Waals surface area contributed by atoms with E-state index >= 15 is 0 Å². The number of nitrogens with zero attached hydrogens (tertiary/aromatic N) is 2. The van der Waals surface area contributed by atoms with Crippen LogP contribution in [0.1, 0.15) is 24.2 Å². The average Bonchev–Trinajstić information content (AvgIpc) is 2.75. The summed E-state index contributed by atoms with van der Waals surface area (Å²) < 4.78 is 24.4. The molecule has 0 bridgehead atoms. The van der Waals surface area contributed by atoms with Crippen molar-refractivity contribution in [2.45, 2.75) is 25.7 Å². The minimum Gasteiger partial charge on any atom is -0.383 e. The van der Waals surface area contributed by atoms with E-state index in [4.69, 9.17) is 9.47 Å². The van der Waals surface area contributed by atoms with Crippen LogP contribution in [-0.4, -0.2) is 57.4 Å². The molecule has 2 unspecified atom stereocenters. The molecule has 8 heteroatoms. The average molecular weight is 542 g/mol. The molecule has 0 saturated carbocycles. The van der Waals surface area contributed by atoms with Gasteiger partial charge >= 0.3 is 0 Å². The molecule has 3 rings (SSSR count). The van der Waals surface area contributed by atoms with Crippen LogP contribution in [0, 0.1) is 5.82 Å². The van der Waals surface area contributed by atoms with E-state index in [1.54, 1.807) is 26.3 Å². The van der Waals surface area contributed by atoms with Gasteiger partial charge in [0.15, 0.2) is 5.96 Å². The van der Waals surface area contributed by atoms with Gasteiger partial charge in [-0.25, -0.2) is 4.39 Å². The van der Waals surface area contributed by atoms with Gasteiger partial charge in [0.2, 0.25) is 0 Å². The lowest BCUT2D eigenvalue weighted by atomic mass is 10.1. The van der Waals surface area contributed by atoms with Gasteiger partial charge in [0.05, 0.1) is 19.3 Å². The number of rotatable bonds is 7. The summed E-state index contributed by atoms with van der Waals surface area (Å²) in [5, 5.41) is 6.76. The summed E-state index contributed by atoms with van der Waals surface area (Å²) in [6.45, 7) is 5.60. The highest BCUT2D eigenvalue weighted by molar-refractivity contribution is 14.0. The zero-order valence-electron chi connectivity index (χ0n) is 18.3. The molecule has 170 valence electrons. The third-order valence-corrected chi connectivity index (χ3v) is 5.05. The molecule has 1 heterocycles. The van der Waals surface area contributed by atoms with E-state index in [1.807, 2.05) is 6.92 Å². The van der Waals surface area contributed by atoms with Crippen molar-refractivity contribution in [3.05, 3.63) is 65.5 Å². The first kappa shape index (κ1) is 25.4. The van der Waals surface area contributed by atoms with Gasteiger partial charge in [-0.05, 0) is 42.3 Å². The van der Waals surface area contributed by atoms with E-state index in [-0.39, 0.29) is 42.0 Å². The Balaban J connectivity index is 0.00000341. The van der Waals surface area contributed by atoms with Crippen molar-refractivity contribution in [1.29, 1.82) is 0 Å². The summed E-state index contributed by atoms with van der Waals surface area (Å²) in [5.41, 5.74) is 3.22. The molecule has 0 spiro atoms. The summed E-state index contributed by atoms with van der Waals surface area (Å²) in [4.78, 5) is 6.66. The van der Waals surface area contributed by atoms with Gasteiger partial charge < -0.3 is 25.0 Å². The molecule has 1 saturated heterocycles. The third-order valence-electron chi connectivity index (χ3n) is 5.05. The maximum Gasteiger partial charge on any atom is 0.194 e. The fourth-order valence-corrected chi connectivity index (χ4v) is 3.54. The lowest BCUT2D eigenvalue weighted by Crippen LogP contribution is -2.50. The van der Waals surface area contributed by atoms with Crippen LogP contribution in [-0.2, 0) is 16.0 Å². The highest BCUT2D eigenvalue weighted by Gasteiger charge is 2.28. The molecule has 1 fully saturated rings. The topological polar surface area (TPSA) is 58.1 Å². The molecule has 0 radical (unpaired) electrons.